The van der Waals surface area contributed by atoms with Gasteiger partial charge in [0.1, 0.15) is 0 Å². The zero-order chi connectivity index (χ0) is 19.3. The molecule has 3 rings (SSSR count). The standard InChI is InChI=1S/C20H24INO4/c1-18-10-19(2,12-20(3,11-18)17(25)26-4)16(24)22(15(18)23)9-13-5-7-14(21)8-6-13/h5-8H,9-12H2,1-4H3/t18-,19?,20?/m1/s1. The summed E-state index contributed by atoms with van der Waals surface area (Å²) in [5.41, 5.74) is -1.38. The smallest absolute Gasteiger partial charge is 0.311 e. The van der Waals surface area contributed by atoms with E-state index in [1.54, 1.807) is 0 Å². The van der Waals surface area contributed by atoms with Crippen LogP contribution in [0.4, 0.5) is 0 Å². The molecular weight excluding hydrogens is 445 g/mol. The predicted octanol–water partition coefficient (Wildman–Crippen LogP) is 3.54. The van der Waals surface area contributed by atoms with Crippen LogP contribution in [0.25, 0.3) is 0 Å². The number of likely N-dealkylation sites (tertiary alicyclic amines) is 1. The lowest BCUT2D eigenvalue weighted by Crippen LogP contribution is -2.63. The topological polar surface area (TPSA) is 63.7 Å². The Kier molecular flexibility index (Phi) is 4.70. The molecule has 1 aromatic carbocycles. The van der Waals surface area contributed by atoms with Crippen LogP contribution in [-0.2, 0) is 25.7 Å². The molecule has 3 atom stereocenters. The quantitative estimate of drug-likeness (QED) is 0.386. The van der Waals surface area contributed by atoms with E-state index < -0.39 is 16.2 Å². The lowest BCUT2D eigenvalue weighted by molar-refractivity contribution is -0.185. The van der Waals surface area contributed by atoms with Crippen molar-refractivity contribution >= 4 is 40.4 Å². The maximum absolute atomic E-state index is 13.2. The van der Waals surface area contributed by atoms with Crippen molar-refractivity contribution in [3.05, 3.63) is 33.4 Å². The molecule has 1 aromatic rings. The number of hydrogen-bond acceptors (Lipinski definition) is 4. The molecule has 26 heavy (non-hydrogen) atoms. The monoisotopic (exact) mass is 469 g/mol. The van der Waals surface area contributed by atoms with Gasteiger partial charge >= 0.3 is 5.97 Å². The summed E-state index contributed by atoms with van der Waals surface area (Å²) in [5, 5.41) is 0. The number of piperidine rings is 1. The Morgan fingerprint density at radius 3 is 2.00 bits per heavy atom. The predicted molar refractivity (Wildman–Crippen MR) is 105 cm³/mol. The third kappa shape index (κ3) is 3.06. The largest absolute Gasteiger partial charge is 0.469 e. The van der Waals surface area contributed by atoms with Crippen molar-refractivity contribution in [3.8, 4) is 0 Å². The van der Waals surface area contributed by atoms with Gasteiger partial charge in [-0.1, -0.05) is 26.0 Å². The van der Waals surface area contributed by atoms with E-state index in [0.717, 1.165) is 9.13 Å². The number of benzene rings is 1. The highest BCUT2D eigenvalue weighted by molar-refractivity contribution is 14.1. The van der Waals surface area contributed by atoms with Crippen LogP contribution in [0.15, 0.2) is 24.3 Å². The molecule has 0 radical (unpaired) electrons. The molecule has 2 fully saturated rings. The third-order valence-corrected chi connectivity index (χ3v) is 6.52. The molecule has 1 saturated heterocycles. The van der Waals surface area contributed by atoms with Gasteiger partial charge in [0, 0.05) is 14.4 Å². The van der Waals surface area contributed by atoms with Gasteiger partial charge in [0.05, 0.1) is 19.1 Å². The second-order valence-corrected chi connectivity index (χ2v) is 9.77. The zero-order valence-corrected chi connectivity index (χ0v) is 17.8. The molecule has 1 heterocycles. The van der Waals surface area contributed by atoms with Gasteiger partial charge in [0.2, 0.25) is 11.8 Å². The first-order valence-electron chi connectivity index (χ1n) is 8.72. The number of methoxy groups -OCH3 is 1. The van der Waals surface area contributed by atoms with E-state index in [4.69, 9.17) is 4.74 Å². The van der Waals surface area contributed by atoms with Crippen LogP contribution < -0.4 is 0 Å². The summed E-state index contributed by atoms with van der Waals surface area (Å²) in [7, 11) is 1.36. The summed E-state index contributed by atoms with van der Waals surface area (Å²) >= 11 is 2.22. The van der Waals surface area contributed by atoms with Crippen molar-refractivity contribution < 1.29 is 19.1 Å². The minimum Gasteiger partial charge on any atom is -0.469 e. The first-order valence-corrected chi connectivity index (χ1v) is 9.80. The molecule has 2 bridgehead atoms. The summed E-state index contributed by atoms with van der Waals surface area (Å²) in [6.45, 7) is 5.83. The summed E-state index contributed by atoms with van der Waals surface area (Å²) in [6, 6.07) is 7.81. The van der Waals surface area contributed by atoms with Crippen LogP contribution in [-0.4, -0.2) is 29.8 Å². The lowest BCUT2D eigenvalue weighted by atomic mass is 9.52. The summed E-state index contributed by atoms with van der Waals surface area (Å²) in [5.74, 6) is -0.719. The number of nitrogens with zero attached hydrogens (tertiary/aromatic N) is 1. The Morgan fingerprint density at radius 2 is 1.54 bits per heavy atom. The number of esters is 1. The Morgan fingerprint density at radius 1 is 1.04 bits per heavy atom. The van der Waals surface area contributed by atoms with Crippen LogP contribution >= 0.6 is 22.6 Å². The first-order chi connectivity index (χ1) is 12.0. The highest BCUT2D eigenvalue weighted by atomic mass is 127. The highest BCUT2D eigenvalue weighted by Crippen LogP contribution is 2.58. The molecule has 1 aliphatic carbocycles. The fourth-order valence-electron chi connectivity index (χ4n) is 5.12. The fourth-order valence-corrected chi connectivity index (χ4v) is 5.48. The molecule has 0 spiro atoms. The summed E-state index contributed by atoms with van der Waals surface area (Å²) in [6.07, 6.45) is 1.28. The van der Waals surface area contributed by atoms with Gasteiger partial charge in [-0.25, -0.2) is 0 Å². The zero-order valence-electron chi connectivity index (χ0n) is 15.6. The molecule has 1 aliphatic heterocycles. The lowest BCUT2D eigenvalue weighted by Gasteiger charge is -2.55. The normalized spacial score (nSPS) is 34.0. The van der Waals surface area contributed by atoms with Gasteiger partial charge in [0.25, 0.3) is 0 Å². The van der Waals surface area contributed by atoms with E-state index >= 15 is 0 Å². The van der Waals surface area contributed by atoms with Gasteiger partial charge in [-0.15, -0.1) is 0 Å². The molecule has 5 nitrogen and oxygen atoms in total. The second-order valence-electron chi connectivity index (χ2n) is 8.53. The maximum Gasteiger partial charge on any atom is 0.311 e. The average molecular weight is 469 g/mol. The van der Waals surface area contributed by atoms with Gasteiger partial charge in [-0.05, 0) is 66.5 Å². The Labute approximate surface area is 167 Å². The molecule has 2 aliphatic rings. The highest BCUT2D eigenvalue weighted by Gasteiger charge is 2.63. The molecule has 6 heteroatoms. The van der Waals surface area contributed by atoms with Crippen molar-refractivity contribution in [3.63, 3.8) is 0 Å². The minimum atomic E-state index is -0.823. The molecule has 140 valence electrons. The number of hydrogen-bond donors (Lipinski definition) is 0. The Bertz CT molecular complexity index is 745. The van der Waals surface area contributed by atoms with Crippen molar-refractivity contribution in [2.75, 3.05) is 7.11 Å². The van der Waals surface area contributed by atoms with E-state index in [0.29, 0.717) is 19.3 Å². The number of amides is 2. The van der Waals surface area contributed by atoms with E-state index in [1.165, 1.54) is 12.0 Å². The number of carbonyl (C=O) groups excluding carboxylic acids is 3. The van der Waals surface area contributed by atoms with Gasteiger partial charge < -0.3 is 4.74 Å². The van der Waals surface area contributed by atoms with E-state index in [1.807, 2.05) is 45.0 Å². The molecule has 0 N–H and O–H groups in total. The third-order valence-electron chi connectivity index (χ3n) is 5.80. The SMILES string of the molecule is COC(=O)C1(C)CC2(C)C[C@](C)(C1)C(=O)N(Cc1ccc(I)cc1)C2=O. The second kappa shape index (κ2) is 6.32. The summed E-state index contributed by atoms with van der Waals surface area (Å²) < 4.78 is 6.08. The van der Waals surface area contributed by atoms with Crippen LogP contribution in [0.5, 0.6) is 0 Å². The van der Waals surface area contributed by atoms with Crippen molar-refractivity contribution in [1.29, 1.82) is 0 Å². The van der Waals surface area contributed by atoms with E-state index in [2.05, 4.69) is 22.6 Å². The van der Waals surface area contributed by atoms with E-state index in [9.17, 15) is 14.4 Å². The van der Waals surface area contributed by atoms with E-state index in [-0.39, 0.29) is 24.3 Å². The van der Waals surface area contributed by atoms with Crippen molar-refractivity contribution in [1.82, 2.24) is 4.90 Å². The Hall–Kier alpha value is -1.44. The van der Waals surface area contributed by atoms with Gasteiger partial charge in [-0.3, -0.25) is 19.3 Å². The fraction of sp³-hybridized carbons (Fsp3) is 0.550. The molecule has 2 amide bonds. The van der Waals surface area contributed by atoms with Crippen LogP contribution in [0.1, 0.15) is 45.6 Å². The Balaban J connectivity index is 1.96. The number of ether oxygens (including phenoxy) is 1. The molecule has 2 unspecified atom stereocenters. The number of halogens is 1. The molecule has 0 aromatic heterocycles. The van der Waals surface area contributed by atoms with Crippen LogP contribution in [0, 0.1) is 19.8 Å². The van der Waals surface area contributed by atoms with Crippen LogP contribution in [0.3, 0.4) is 0 Å². The maximum atomic E-state index is 13.2. The number of fused-ring (bicyclic) bond motifs is 2. The summed E-state index contributed by atoms with van der Waals surface area (Å²) in [4.78, 5) is 40.2. The number of imide groups is 1. The number of rotatable bonds is 3. The van der Waals surface area contributed by atoms with Crippen molar-refractivity contribution in [2.45, 2.75) is 46.6 Å². The van der Waals surface area contributed by atoms with Gasteiger partial charge in [-0.2, -0.15) is 0 Å². The molecule has 1 saturated carbocycles. The average Bonchev–Trinajstić information content (AvgIpc) is 2.57. The minimum absolute atomic E-state index is 0.187. The first kappa shape index (κ1) is 19.3. The van der Waals surface area contributed by atoms with Gasteiger partial charge in [0.15, 0.2) is 0 Å². The van der Waals surface area contributed by atoms with Crippen LogP contribution in [0.2, 0.25) is 0 Å². The molecular formula is C20H24INO4. The van der Waals surface area contributed by atoms with Crippen molar-refractivity contribution in [2.24, 2.45) is 16.2 Å². The number of carbonyl (C=O) groups is 3.